The number of carbonyl (C=O) groups excluding carboxylic acids is 1. The van der Waals surface area contributed by atoms with Crippen LogP contribution in [0.3, 0.4) is 0 Å². The van der Waals surface area contributed by atoms with Crippen LogP contribution in [-0.2, 0) is 14.0 Å². The van der Waals surface area contributed by atoms with Gasteiger partial charge in [0.05, 0.1) is 23.0 Å². The molecule has 2 aliphatic rings. The Kier molecular flexibility index (Phi) is 7.28. The summed E-state index contributed by atoms with van der Waals surface area (Å²) < 4.78 is 18.6. The molecule has 4 heterocycles. The third-order valence-corrected chi connectivity index (χ3v) is 6.19. The van der Waals surface area contributed by atoms with Gasteiger partial charge in [-0.05, 0) is 67.4 Å². The van der Waals surface area contributed by atoms with Gasteiger partial charge in [0.15, 0.2) is 0 Å². The third-order valence-electron chi connectivity index (χ3n) is 6.19. The molecule has 0 spiro atoms. The highest BCUT2D eigenvalue weighted by atomic mass is 16.7. The summed E-state index contributed by atoms with van der Waals surface area (Å²) in [6, 6.07) is 1.66. The lowest BCUT2D eigenvalue weighted by Gasteiger charge is -2.32. The molecule has 0 radical (unpaired) electrons. The van der Waals surface area contributed by atoms with Gasteiger partial charge in [0.25, 0.3) is 5.56 Å². The van der Waals surface area contributed by atoms with Gasteiger partial charge in [-0.15, -0.1) is 0 Å². The molecule has 2 fully saturated rings. The van der Waals surface area contributed by atoms with E-state index in [9.17, 15) is 9.59 Å². The first-order chi connectivity index (χ1) is 15.3. The Morgan fingerprint density at radius 1 is 1.09 bits per heavy atom. The normalized spacial score (nSPS) is 20.2. The Bertz CT molecular complexity index is 1000. The van der Waals surface area contributed by atoms with Crippen molar-refractivity contribution in [1.82, 2.24) is 19.5 Å². The SMILES string of the molecule is CC(C)(C)OC(=O)N1CCCCCC1.CC1(C)OB(c2cn3nccc3c(=O)[nH]2)OC1(C)C. The Morgan fingerprint density at radius 3 is 2.21 bits per heavy atom. The highest BCUT2D eigenvalue weighted by Gasteiger charge is 2.52. The van der Waals surface area contributed by atoms with Crippen LogP contribution in [0, 0.1) is 0 Å². The van der Waals surface area contributed by atoms with Crippen molar-refractivity contribution in [2.45, 2.75) is 91.0 Å². The monoisotopic (exact) mass is 460 g/mol. The van der Waals surface area contributed by atoms with Gasteiger partial charge in [-0.25, -0.2) is 9.31 Å². The smallest absolute Gasteiger partial charge is 0.444 e. The van der Waals surface area contributed by atoms with Crippen molar-refractivity contribution in [3.05, 3.63) is 28.8 Å². The van der Waals surface area contributed by atoms with Gasteiger partial charge in [0.1, 0.15) is 11.1 Å². The van der Waals surface area contributed by atoms with E-state index in [0.717, 1.165) is 25.9 Å². The molecule has 0 aliphatic carbocycles. The van der Waals surface area contributed by atoms with Crippen molar-refractivity contribution in [2.24, 2.45) is 0 Å². The fraction of sp³-hybridized carbons (Fsp3) is 0.696. The number of nitrogens with zero attached hydrogens (tertiary/aromatic N) is 3. The maximum absolute atomic E-state index is 11.9. The molecule has 2 aliphatic heterocycles. The zero-order chi connectivity index (χ0) is 24.4. The molecule has 2 aromatic rings. The number of nitrogens with one attached hydrogen (secondary N) is 1. The standard InChI is InChI=1S/C12H16BN3O3.C11H21NO2/c1-11(2)12(3,4)19-13(18-11)9-7-16-8(5-6-14-16)10(17)15-9;1-11(2,3)14-10(13)12-8-6-4-5-7-9-12/h5-7H,1-4H3,(H,15,17);4-9H2,1-3H3. The summed E-state index contributed by atoms with van der Waals surface area (Å²) in [4.78, 5) is 28.2. The Hall–Kier alpha value is -2.33. The van der Waals surface area contributed by atoms with E-state index in [0.29, 0.717) is 11.1 Å². The first kappa shape index (κ1) is 25.3. The van der Waals surface area contributed by atoms with Crippen molar-refractivity contribution >= 4 is 24.3 Å². The van der Waals surface area contributed by atoms with E-state index >= 15 is 0 Å². The maximum atomic E-state index is 11.9. The van der Waals surface area contributed by atoms with Gasteiger partial charge in [-0.1, -0.05) is 12.8 Å². The lowest BCUT2D eigenvalue weighted by molar-refractivity contribution is 0.00578. The molecular weight excluding hydrogens is 423 g/mol. The summed E-state index contributed by atoms with van der Waals surface area (Å²) >= 11 is 0. The number of carbonyl (C=O) groups is 1. The van der Waals surface area contributed by atoms with E-state index in [4.69, 9.17) is 14.0 Å². The molecule has 0 unspecified atom stereocenters. The minimum absolute atomic E-state index is 0.153. The second-order valence-corrected chi connectivity index (χ2v) is 10.7. The molecule has 10 heteroatoms. The van der Waals surface area contributed by atoms with Crippen LogP contribution in [0.15, 0.2) is 23.3 Å². The summed E-state index contributed by atoms with van der Waals surface area (Å²) in [5.74, 6) is 0. The molecule has 1 N–H and O–H groups in total. The molecule has 182 valence electrons. The van der Waals surface area contributed by atoms with Crippen LogP contribution in [-0.4, -0.2) is 62.6 Å². The molecule has 0 saturated carbocycles. The maximum Gasteiger partial charge on any atom is 0.513 e. The minimum Gasteiger partial charge on any atom is -0.444 e. The van der Waals surface area contributed by atoms with Crippen LogP contribution in [0.25, 0.3) is 5.52 Å². The molecule has 0 atom stereocenters. The average molecular weight is 460 g/mol. The number of fused-ring (bicyclic) bond motifs is 1. The average Bonchev–Trinajstić information content (AvgIpc) is 3.10. The number of H-pyrrole nitrogens is 1. The van der Waals surface area contributed by atoms with Crippen LogP contribution in [0.1, 0.15) is 74.1 Å². The Morgan fingerprint density at radius 2 is 1.67 bits per heavy atom. The molecule has 2 aromatic heterocycles. The number of ether oxygens (including phenoxy) is 1. The summed E-state index contributed by atoms with van der Waals surface area (Å²) in [7, 11) is -0.591. The summed E-state index contributed by atoms with van der Waals surface area (Å²) in [6.45, 7) is 15.3. The van der Waals surface area contributed by atoms with Gasteiger partial charge < -0.3 is 23.9 Å². The van der Waals surface area contributed by atoms with Gasteiger partial charge in [-0.2, -0.15) is 5.10 Å². The van der Waals surface area contributed by atoms with Crippen LogP contribution in [0.4, 0.5) is 4.79 Å². The number of aromatic amines is 1. The second kappa shape index (κ2) is 9.50. The van der Waals surface area contributed by atoms with E-state index in [1.807, 2.05) is 53.4 Å². The molecule has 0 bridgehead atoms. The van der Waals surface area contributed by atoms with Crippen molar-refractivity contribution in [3.63, 3.8) is 0 Å². The number of aromatic nitrogens is 3. The van der Waals surface area contributed by atoms with E-state index in [2.05, 4.69) is 10.1 Å². The van der Waals surface area contributed by atoms with Crippen LogP contribution in [0.2, 0.25) is 0 Å². The number of likely N-dealkylation sites (tertiary alicyclic amines) is 1. The number of amides is 1. The number of hydrogen-bond acceptors (Lipinski definition) is 6. The molecule has 9 nitrogen and oxygen atoms in total. The Balaban J connectivity index is 0.000000196. The van der Waals surface area contributed by atoms with E-state index in [1.165, 1.54) is 17.4 Å². The van der Waals surface area contributed by atoms with E-state index in [1.54, 1.807) is 18.5 Å². The topological polar surface area (TPSA) is 98.2 Å². The summed E-state index contributed by atoms with van der Waals surface area (Å²) in [6.07, 6.45) is 7.84. The first-order valence-electron chi connectivity index (χ1n) is 11.7. The molecule has 2 saturated heterocycles. The van der Waals surface area contributed by atoms with Gasteiger partial charge in [0, 0.05) is 19.3 Å². The van der Waals surface area contributed by atoms with Crippen molar-refractivity contribution < 1.29 is 18.8 Å². The number of rotatable bonds is 1. The predicted molar refractivity (Wildman–Crippen MR) is 128 cm³/mol. The highest BCUT2D eigenvalue weighted by molar-refractivity contribution is 6.61. The molecular formula is C23H37BN4O5. The van der Waals surface area contributed by atoms with E-state index < -0.39 is 18.3 Å². The predicted octanol–water partition coefficient (Wildman–Crippen LogP) is 3.12. The first-order valence-corrected chi connectivity index (χ1v) is 11.7. The molecule has 33 heavy (non-hydrogen) atoms. The molecule has 4 rings (SSSR count). The van der Waals surface area contributed by atoms with Gasteiger partial charge in [-0.3, -0.25) is 4.79 Å². The zero-order valence-corrected chi connectivity index (χ0v) is 20.9. The second-order valence-electron chi connectivity index (χ2n) is 10.7. The fourth-order valence-corrected chi connectivity index (χ4v) is 3.63. The van der Waals surface area contributed by atoms with Gasteiger partial charge in [0.2, 0.25) is 0 Å². The highest BCUT2D eigenvalue weighted by Crippen LogP contribution is 2.36. The van der Waals surface area contributed by atoms with Gasteiger partial charge >= 0.3 is 13.2 Å². The third kappa shape index (κ3) is 6.17. The molecule has 0 aromatic carbocycles. The lowest BCUT2D eigenvalue weighted by atomic mass is 9.85. The minimum atomic E-state index is -0.591. The van der Waals surface area contributed by atoms with Crippen LogP contribution < -0.4 is 11.2 Å². The van der Waals surface area contributed by atoms with Crippen molar-refractivity contribution in [1.29, 1.82) is 0 Å². The van der Waals surface area contributed by atoms with Crippen molar-refractivity contribution in [3.8, 4) is 0 Å². The zero-order valence-electron chi connectivity index (χ0n) is 20.9. The fourth-order valence-electron chi connectivity index (χ4n) is 3.63. The Labute approximate surface area is 195 Å². The van der Waals surface area contributed by atoms with Crippen molar-refractivity contribution in [2.75, 3.05) is 13.1 Å². The quantitative estimate of drug-likeness (QED) is 0.657. The number of hydrogen-bond donors (Lipinski definition) is 1. The lowest BCUT2D eigenvalue weighted by Crippen LogP contribution is -2.41. The van der Waals surface area contributed by atoms with Crippen LogP contribution >= 0.6 is 0 Å². The van der Waals surface area contributed by atoms with Crippen LogP contribution in [0.5, 0.6) is 0 Å². The van der Waals surface area contributed by atoms with E-state index in [-0.39, 0.29) is 17.3 Å². The molecule has 1 amide bonds. The largest absolute Gasteiger partial charge is 0.513 e. The summed E-state index contributed by atoms with van der Waals surface area (Å²) in [5, 5.41) is 4.07. The summed E-state index contributed by atoms with van der Waals surface area (Å²) in [5.41, 5.74) is -0.380.